The topological polar surface area (TPSA) is 123 Å². The molecule has 0 spiro atoms. The smallest absolute Gasteiger partial charge is 0.294 e. The fraction of sp³-hybridized carbons (Fsp3) is 0.226. The summed E-state index contributed by atoms with van der Waals surface area (Å²) in [7, 11) is 1.46. The van der Waals surface area contributed by atoms with Crippen LogP contribution in [0.1, 0.15) is 25.0 Å². The van der Waals surface area contributed by atoms with Crippen LogP contribution < -0.4 is 24.8 Å². The SMILES string of the molecule is CCOc1ccc(NC(=O)CN2C(=O)S/C(=C\c3ccc(OCC(=O)Nc4ccc(CC)cc4)c(OC)c3)C2=O)cc1. The highest BCUT2D eigenvalue weighted by molar-refractivity contribution is 8.18. The van der Waals surface area contributed by atoms with Crippen molar-refractivity contribution in [1.82, 2.24) is 4.90 Å². The van der Waals surface area contributed by atoms with Gasteiger partial charge in [0, 0.05) is 11.4 Å². The van der Waals surface area contributed by atoms with Crippen molar-refractivity contribution in [3.63, 3.8) is 0 Å². The summed E-state index contributed by atoms with van der Waals surface area (Å²) in [6.45, 7) is 3.80. The second-order valence-electron chi connectivity index (χ2n) is 9.07. The number of nitrogens with one attached hydrogen (secondary N) is 2. The largest absolute Gasteiger partial charge is 0.494 e. The van der Waals surface area contributed by atoms with Crippen molar-refractivity contribution in [3.8, 4) is 17.2 Å². The Morgan fingerprint density at radius 2 is 1.52 bits per heavy atom. The summed E-state index contributed by atoms with van der Waals surface area (Å²) in [6, 6.07) is 19.3. The molecule has 42 heavy (non-hydrogen) atoms. The van der Waals surface area contributed by atoms with E-state index in [1.165, 1.54) is 18.7 Å². The first-order valence-corrected chi connectivity index (χ1v) is 14.1. The van der Waals surface area contributed by atoms with Crippen LogP contribution in [-0.2, 0) is 20.8 Å². The summed E-state index contributed by atoms with van der Waals surface area (Å²) in [5.41, 5.74) is 2.93. The van der Waals surface area contributed by atoms with E-state index < -0.39 is 23.6 Å². The van der Waals surface area contributed by atoms with E-state index in [0.717, 1.165) is 23.1 Å². The minimum absolute atomic E-state index is 0.165. The first kappa shape index (κ1) is 30.2. The van der Waals surface area contributed by atoms with Gasteiger partial charge < -0.3 is 24.8 Å². The number of anilines is 2. The third-order valence-electron chi connectivity index (χ3n) is 6.11. The predicted octanol–water partition coefficient (Wildman–Crippen LogP) is 5.35. The number of rotatable bonds is 12. The van der Waals surface area contributed by atoms with Crippen LogP contribution >= 0.6 is 11.8 Å². The molecule has 3 aromatic rings. The van der Waals surface area contributed by atoms with Crippen LogP contribution in [0.15, 0.2) is 71.6 Å². The Bertz CT molecular complexity index is 1490. The van der Waals surface area contributed by atoms with Gasteiger partial charge in [0.05, 0.1) is 18.6 Å². The molecule has 1 aliphatic heterocycles. The van der Waals surface area contributed by atoms with Gasteiger partial charge in [-0.3, -0.25) is 24.1 Å². The molecule has 1 saturated heterocycles. The van der Waals surface area contributed by atoms with Crippen molar-refractivity contribution >= 4 is 52.2 Å². The Morgan fingerprint density at radius 3 is 2.17 bits per heavy atom. The third-order valence-corrected chi connectivity index (χ3v) is 7.02. The van der Waals surface area contributed by atoms with Gasteiger partial charge >= 0.3 is 0 Å². The molecular weight excluding hydrogens is 558 g/mol. The molecule has 1 fully saturated rings. The van der Waals surface area contributed by atoms with E-state index in [-0.39, 0.29) is 17.4 Å². The third kappa shape index (κ3) is 7.91. The maximum absolute atomic E-state index is 12.9. The quantitative estimate of drug-likeness (QED) is 0.271. The van der Waals surface area contributed by atoms with Crippen molar-refractivity contribution in [2.24, 2.45) is 0 Å². The van der Waals surface area contributed by atoms with E-state index in [1.807, 2.05) is 31.2 Å². The first-order valence-electron chi connectivity index (χ1n) is 13.3. The summed E-state index contributed by atoms with van der Waals surface area (Å²) < 4.78 is 16.4. The van der Waals surface area contributed by atoms with E-state index in [9.17, 15) is 19.2 Å². The van der Waals surface area contributed by atoms with Gasteiger partial charge in [-0.05, 0) is 90.8 Å². The molecule has 0 radical (unpaired) electrons. The lowest BCUT2D eigenvalue weighted by Crippen LogP contribution is -2.36. The number of hydrogen-bond donors (Lipinski definition) is 2. The van der Waals surface area contributed by atoms with Crippen LogP contribution in [0, 0.1) is 0 Å². The van der Waals surface area contributed by atoms with Crippen LogP contribution in [0.3, 0.4) is 0 Å². The number of methoxy groups -OCH3 is 1. The number of thioether (sulfide) groups is 1. The van der Waals surface area contributed by atoms with Crippen LogP contribution in [-0.4, -0.2) is 54.7 Å². The van der Waals surface area contributed by atoms with Crippen LogP contribution in [0.5, 0.6) is 17.2 Å². The molecule has 2 N–H and O–H groups in total. The number of benzene rings is 3. The van der Waals surface area contributed by atoms with Crippen molar-refractivity contribution in [2.45, 2.75) is 20.3 Å². The van der Waals surface area contributed by atoms with Crippen LogP contribution in [0.4, 0.5) is 16.2 Å². The van der Waals surface area contributed by atoms with E-state index in [4.69, 9.17) is 14.2 Å². The normalized spacial score (nSPS) is 13.7. The lowest BCUT2D eigenvalue weighted by Gasteiger charge is -2.13. The fourth-order valence-corrected chi connectivity index (χ4v) is 4.83. The standard InChI is InChI=1S/C31H31N3O7S/c1-4-20-6-9-22(10-7-20)33-29(36)19-41-25-15-8-21(16-26(25)39-3)17-27-30(37)34(31(38)42-27)18-28(35)32-23-11-13-24(14-12-23)40-5-2/h6-17H,4-5,18-19H2,1-3H3,(H,32,35)(H,33,36)/b27-17-. The Balaban J connectivity index is 1.34. The second kappa shape index (κ2) is 14.2. The molecule has 0 aromatic heterocycles. The summed E-state index contributed by atoms with van der Waals surface area (Å²) in [6.07, 6.45) is 2.45. The van der Waals surface area contributed by atoms with Crippen molar-refractivity contribution in [1.29, 1.82) is 0 Å². The molecule has 1 aliphatic rings. The highest BCUT2D eigenvalue weighted by Gasteiger charge is 2.36. The Hall–Kier alpha value is -4.77. The van der Waals surface area contributed by atoms with Gasteiger partial charge in [-0.1, -0.05) is 25.1 Å². The summed E-state index contributed by atoms with van der Waals surface area (Å²) in [5.74, 6) is -0.0573. The number of nitrogens with zero attached hydrogens (tertiary/aromatic N) is 1. The Labute approximate surface area is 248 Å². The first-order chi connectivity index (χ1) is 20.3. The van der Waals surface area contributed by atoms with Gasteiger partial charge in [0.1, 0.15) is 12.3 Å². The summed E-state index contributed by atoms with van der Waals surface area (Å²) >= 11 is 0.744. The molecule has 0 bridgehead atoms. The average molecular weight is 590 g/mol. The van der Waals surface area contributed by atoms with Crippen molar-refractivity contribution in [2.75, 3.05) is 37.5 Å². The predicted molar refractivity (Wildman–Crippen MR) is 162 cm³/mol. The maximum Gasteiger partial charge on any atom is 0.294 e. The lowest BCUT2D eigenvalue weighted by molar-refractivity contribution is -0.127. The van der Waals surface area contributed by atoms with E-state index in [2.05, 4.69) is 17.6 Å². The fourth-order valence-electron chi connectivity index (χ4n) is 3.99. The van der Waals surface area contributed by atoms with Gasteiger partial charge in [-0.2, -0.15) is 0 Å². The molecule has 1 heterocycles. The van der Waals surface area contributed by atoms with E-state index in [1.54, 1.807) is 42.5 Å². The molecule has 4 amide bonds. The number of aryl methyl sites for hydroxylation is 1. The number of ether oxygens (including phenoxy) is 3. The average Bonchev–Trinajstić information content (AvgIpc) is 3.25. The minimum atomic E-state index is -0.574. The van der Waals surface area contributed by atoms with Gasteiger partial charge in [0.15, 0.2) is 18.1 Å². The number of imide groups is 1. The van der Waals surface area contributed by atoms with Gasteiger partial charge in [0.2, 0.25) is 5.91 Å². The zero-order valence-corrected chi connectivity index (χ0v) is 24.3. The number of carbonyl (C=O) groups excluding carboxylic acids is 4. The summed E-state index contributed by atoms with van der Waals surface area (Å²) in [4.78, 5) is 51.4. The van der Waals surface area contributed by atoms with Crippen LogP contribution in [0.2, 0.25) is 0 Å². The number of hydrogen-bond acceptors (Lipinski definition) is 8. The van der Waals surface area contributed by atoms with E-state index >= 15 is 0 Å². The van der Waals surface area contributed by atoms with Crippen molar-refractivity contribution < 1.29 is 33.4 Å². The second-order valence-corrected chi connectivity index (χ2v) is 10.1. The monoisotopic (exact) mass is 589 g/mol. The zero-order valence-electron chi connectivity index (χ0n) is 23.5. The van der Waals surface area contributed by atoms with Gasteiger partial charge in [-0.15, -0.1) is 0 Å². The van der Waals surface area contributed by atoms with Crippen molar-refractivity contribution in [3.05, 3.63) is 82.8 Å². The Kier molecular flexibility index (Phi) is 10.2. The van der Waals surface area contributed by atoms with Gasteiger partial charge in [-0.25, -0.2) is 0 Å². The molecule has 10 nitrogen and oxygen atoms in total. The molecule has 0 aliphatic carbocycles. The Morgan fingerprint density at radius 1 is 0.857 bits per heavy atom. The zero-order chi connectivity index (χ0) is 30.1. The molecule has 11 heteroatoms. The molecule has 218 valence electrons. The molecule has 0 unspecified atom stereocenters. The highest BCUT2D eigenvalue weighted by atomic mass is 32.2. The molecular formula is C31H31N3O7S. The maximum atomic E-state index is 12.9. The summed E-state index contributed by atoms with van der Waals surface area (Å²) in [5, 5.41) is 4.91. The molecule has 3 aromatic carbocycles. The van der Waals surface area contributed by atoms with E-state index in [0.29, 0.717) is 40.8 Å². The molecule has 4 rings (SSSR count). The molecule has 0 saturated carbocycles. The minimum Gasteiger partial charge on any atom is -0.494 e. The number of amides is 4. The van der Waals surface area contributed by atoms with Gasteiger partial charge in [0.25, 0.3) is 17.1 Å². The number of carbonyl (C=O) groups is 4. The molecule has 0 atom stereocenters. The van der Waals surface area contributed by atoms with Crippen LogP contribution in [0.25, 0.3) is 6.08 Å². The lowest BCUT2D eigenvalue weighted by atomic mass is 10.1. The highest BCUT2D eigenvalue weighted by Crippen LogP contribution is 2.34.